The Morgan fingerprint density at radius 3 is 2.25 bits per heavy atom. The molecule has 28 heavy (non-hydrogen) atoms. The fraction of sp³-hybridized carbons (Fsp3) is 0.0476. The topological polar surface area (TPSA) is 46.2 Å². The zero-order valence-corrected chi connectivity index (χ0v) is 18.3. The number of hydrogen-bond donors (Lipinski definition) is 1. The molecule has 1 amide bonds. The molecule has 3 rings (SSSR count). The quantitative estimate of drug-likeness (QED) is 0.297. The minimum absolute atomic E-state index is 0.0623. The minimum atomic E-state index is -0.313. The largest absolute Gasteiger partial charge is 0.322 e. The van der Waals surface area contributed by atoms with Crippen LogP contribution in [0.3, 0.4) is 0 Å². The van der Waals surface area contributed by atoms with Crippen molar-refractivity contribution in [3.8, 4) is 0 Å². The molecule has 0 aliphatic heterocycles. The van der Waals surface area contributed by atoms with Gasteiger partial charge in [0, 0.05) is 25.6 Å². The van der Waals surface area contributed by atoms with Gasteiger partial charge in [-0.05, 0) is 54.6 Å². The van der Waals surface area contributed by atoms with Crippen LogP contribution in [0, 0.1) is 0 Å². The molecule has 0 aromatic heterocycles. The van der Waals surface area contributed by atoms with E-state index in [0.717, 1.165) is 9.37 Å². The van der Waals surface area contributed by atoms with E-state index in [2.05, 4.69) is 21.2 Å². The van der Waals surface area contributed by atoms with Crippen LogP contribution in [-0.4, -0.2) is 17.4 Å². The van der Waals surface area contributed by atoms with Crippen LogP contribution >= 0.6 is 50.9 Å². The summed E-state index contributed by atoms with van der Waals surface area (Å²) in [5.41, 5.74) is 1.67. The van der Waals surface area contributed by atoms with Gasteiger partial charge in [-0.15, -0.1) is 11.8 Å². The smallest absolute Gasteiger partial charge is 0.257 e. The second-order valence-corrected chi connectivity index (χ2v) is 8.63. The van der Waals surface area contributed by atoms with E-state index in [1.807, 2.05) is 24.3 Å². The summed E-state index contributed by atoms with van der Waals surface area (Å²) in [5, 5.41) is 3.56. The average Bonchev–Trinajstić information content (AvgIpc) is 2.67. The molecule has 7 heteroatoms. The molecule has 0 heterocycles. The molecule has 3 aromatic carbocycles. The Labute approximate surface area is 185 Å². The Morgan fingerprint density at radius 2 is 1.61 bits per heavy atom. The lowest BCUT2D eigenvalue weighted by molar-refractivity contribution is 0.101. The standard InChI is InChI=1S/C21H14BrCl2NO2S/c22-14-3-1-13(2-4-14)20(26)12-28-17-8-6-16(7-9-17)25-21(27)18-10-5-15(23)11-19(18)24/h1-11H,12H2,(H,25,27). The number of Topliss-reactive ketones (excluding diaryl/α,β-unsaturated/α-hetero) is 1. The number of carbonyl (C=O) groups excluding carboxylic acids is 2. The summed E-state index contributed by atoms with van der Waals surface area (Å²) in [6, 6.07) is 19.3. The van der Waals surface area contributed by atoms with Crippen molar-refractivity contribution in [1.29, 1.82) is 0 Å². The molecule has 0 fully saturated rings. The predicted octanol–water partition coefficient (Wildman–Crippen LogP) is 6.98. The van der Waals surface area contributed by atoms with Gasteiger partial charge in [-0.3, -0.25) is 9.59 Å². The molecule has 3 aromatic rings. The lowest BCUT2D eigenvalue weighted by Crippen LogP contribution is -2.12. The molecule has 0 atom stereocenters. The summed E-state index contributed by atoms with van der Waals surface area (Å²) >= 11 is 16.7. The molecule has 0 spiro atoms. The van der Waals surface area contributed by atoms with E-state index in [4.69, 9.17) is 23.2 Å². The van der Waals surface area contributed by atoms with Gasteiger partial charge in [-0.2, -0.15) is 0 Å². The molecule has 3 nitrogen and oxygen atoms in total. The number of carbonyl (C=O) groups is 2. The molecule has 0 aliphatic carbocycles. The van der Waals surface area contributed by atoms with Gasteiger partial charge in [0.05, 0.1) is 16.3 Å². The van der Waals surface area contributed by atoms with Crippen LogP contribution in [0.1, 0.15) is 20.7 Å². The second kappa shape index (κ2) is 9.61. The number of ketones is 1. The van der Waals surface area contributed by atoms with Gasteiger partial charge < -0.3 is 5.32 Å². The van der Waals surface area contributed by atoms with Crippen LogP contribution in [0.25, 0.3) is 0 Å². The second-order valence-electron chi connectivity index (χ2n) is 5.82. The first-order valence-electron chi connectivity index (χ1n) is 8.20. The Morgan fingerprint density at radius 1 is 0.929 bits per heavy atom. The van der Waals surface area contributed by atoms with Crippen LogP contribution in [-0.2, 0) is 0 Å². The highest BCUT2D eigenvalue weighted by Gasteiger charge is 2.11. The number of nitrogens with one attached hydrogen (secondary N) is 1. The first kappa shape index (κ1) is 20.9. The fourth-order valence-corrected chi connectivity index (χ4v) is 3.93. The Balaban J connectivity index is 1.58. The van der Waals surface area contributed by atoms with Crippen molar-refractivity contribution in [2.45, 2.75) is 4.90 Å². The van der Waals surface area contributed by atoms with Crippen molar-refractivity contribution < 1.29 is 9.59 Å². The number of halogens is 3. The monoisotopic (exact) mass is 493 g/mol. The molecule has 0 unspecified atom stereocenters. The van der Waals surface area contributed by atoms with E-state index >= 15 is 0 Å². The summed E-state index contributed by atoms with van der Waals surface area (Å²) in [7, 11) is 0. The molecule has 0 bridgehead atoms. The zero-order chi connectivity index (χ0) is 20.1. The molecule has 0 radical (unpaired) electrons. The van der Waals surface area contributed by atoms with Gasteiger partial charge in [-0.25, -0.2) is 0 Å². The molecular weight excluding hydrogens is 481 g/mol. The minimum Gasteiger partial charge on any atom is -0.322 e. The van der Waals surface area contributed by atoms with Gasteiger partial charge >= 0.3 is 0 Å². The maximum absolute atomic E-state index is 12.3. The highest BCUT2D eigenvalue weighted by Crippen LogP contribution is 2.24. The molecule has 0 aliphatic rings. The maximum Gasteiger partial charge on any atom is 0.257 e. The van der Waals surface area contributed by atoms with Crippen molar-refractivity contribution in [2.75, 3.05) is 11.1 Å². The van der Waals surface area contributed by atoms with Gasteiger partial charge in [0.15, 0.2) is 5.78 Å². The van der Waals surface area contributed by atoms with Gasteiger partial charge in [0.25, 0.3) is 5.91 Å². The molecular formula is C21H14BrCl2NO2S. The third-order valence-corrected chi connectivity index (χ3v) is 5.91. The number of benzene rings is 3. The van der Waals surface area contributed by atoms with E-state index in [-0.39, 0.29) is 11.7 Å². The van der Waals surface area contributed by atoms with E-state index in [1.165, 1.54) is 17.8 Å². The number of amides is 1. The highest BCUT2D eigenvalue weighted by molar-refractivity contribution is 9.10. The third-order valence-electron chi connectivity index (χ3n) is 3.82. The fourth-order valence-electron chi connectivity index (χ4n) is 2.37. The number of hydrogen-bond acceptors (Lipinski definition) is 3. The van der Waals surface area contributed by atoms with Crippen molar-refractivity contribution >= 4 is 68.3 Å². The first-order chi connectivity index (χ1) is 13.4. The molecule has 142 valence electrons. The SMILES string of the molecule is O=C(CSc1ccc(NC(=O)c2ccc(Cl)cc2Cl)cc1)c1ccc(Br)cc1. The Kier molecular flexibility index (Phi) is 7.18. The van der Waals surface area contributed by atoms with Gasteiger partial charge in [-0.1, -0.05) is 51.3 Å². The van der Waals surface area contributed by atoms with Crippen molar-refractivity contribution in [1.82, 2.24) is 0 Å². The molecule has 0 saturated heterocycles. The van der Waals surface area contributed by atoms with Crippen LogP contribution in [0.2, 0.25) is 10.0 Å². The Bertz CT molecular complexity index is 1010. The summed E-state index contributed by atoms with van der Waals surface area (Å²) in [6.07, 6.45) is 0. The zero-order valence-electron chi connectivity index (χ0n) is 14.4. The van der Waals surface area contributed by atoms with Crippen molar-refractivity contribution in [2.24, 2.45) is 0 Å². The van der Waals surface area contributed by atoms with Crippen LogP contribution in [0.5, 0.6) is 0 Å². The summed E-state index contributed by atoms with van der Waals surface area (Å²) in [4.78, 5) is 25.5. The Hall–Kier alpha value is -1.79. The van der Waals surface area contributed by atoms with Gasteiger partial charge in [0.2, 0.25) is 0 Å². The summed E-state index contributed by atoms with van der Waals surface area (Å²) in [5.74, 6) is 0.0908. The van der Waals surface area contributed by atoms with E-state index < -0.39 is 0 Å². The predicted molar refractivity (Wildman–Crippen MR) is 120 cm³/mol. The number of rotatable bonds is 6. The van der Waals surface area contributed by atoms with Crippen LogP contribution in [0.15, 0.2) is 76.1 Å². The first-order valence-corrected chi connectivity index (χ1v) is 10.7. The number of anilines is 1. The van der Waals surface area contributed by atoms with E-state index in [9.17, 15) is 9.59 Å². The highest BCUT2D eigenvalue weighted by atomic mass is 79.9. The molecule has 1 N–H and O–H groups in total. The van der Waals surface area contributed by atoms with E-state index in [1.54, 1.807) is 36.4 Å². The van der Waals surface area contributed by atoms with Gasteiger partial charge in [0.1, 0.15) is 0 Å². The summed E-state index contributed by atoms with van der Waals surface area (Å²) < 4.78 is 0.939. The normalized spacial score (nSPS) is 10.5. The van der Waals surface area contributed by atoms with Crippen molar-refractivity contribution in [3.63, 3.8) is 0 Å². The lowest BCUT2D eigenvalue weighted by Gasteiger charge is -2.08. The van der Waals surface area contributed by atoms with Crippen LogP contribution < -0.4 is 5.32 Å². The summed E-state index contributed by atoms with van der Waals surface area (Å²) in [6.45, 7) is 0. The molecule has 0 saturated carbocycles. The average molecular weight is 495 g/mol. The number of thioether (sulfide) groups is 1. The third kappa shape index (κ3) is 5.61. The maximum atomic E-state index is 12.3. The van der Waals surface area contributed by atoms with E-state index in [0.29, 0.717) is 32.6 Å². The lowest BCUT2D eigenvalue weighted by atomic mass is 10.2. The van der Waals surface area contributed by atoms with Crippen LogP contribution in [0.4, 0.5) is 5.69 Å². The van der Waals surface area contributed by atoms with Crippen molar-refractivity contribution in [3.05, 3.63) is 92.4 Å².